The number of hydrogen-bond donors (Lipinski definition) is 2. The van der Waals surface area contributed by atoms with E-state index in [0.29, 0.717) is 11.6 Å². The third-order valence-electron chi connectivity index (χ3n) is 2.67. The maximum absolute atomic E-state index is 5.52. The van der Waals surface area contributed by atoms with Gasteiger partial charge >= 0.3 is 0 Å². The van der Waals surface area contributed by atoms with Crippen molar-refractivity contribution in [1.29, 1.82) is 0 Å². The first-order valence-corrected chi connectivity index (χ1v) is 6.23. The maximum Gasteiger partial charge on any atom is 0.199 e. The van der Waals surface area contributed by atoms with Crippen LogP contribution in [0.1, 0.15) is 4.88 Å². The fraction of sp³-hybridized carbons (Fsp3) is 0.182. The van der Waals surface area contributed by atoms with E-state index in [4.69, 9.17) is 5.84 Å². The average molecular weight is 260 g/mol. The van der Waals surface area contributed by atoms with E-state index in [2.05, 4.69) is 20.4 Å². The van der Waals surface area contributed by atoms with Gasteiger partial charge in [0.15, 0.2) is 17.5 Å². The largest absolute Gasteiger partial charge is 0.331 e. The van der Waals surface area contributed by atoms with Gasteiger partial charge in [-0.1, -0.05) is 0 Å². The average Bonchev–Trinajstić information content (AvgIpc) is 2.92. The van der Waals surface area contributed by atoms with Crippen LogP contribution < -0.4 is 11.3 Å². The fourth-order valence-corrected chi connectivity index (χ4v) is 2.71. The zero-order chi connectivity index (χ0) is 12.7. The SMILES string of the molecule is Cc1cc2c(NN)nc(-c3nccn3C)nc2s1. The summed E-state index contributed by atoms with van der Waals surface area (Å²) in [6.45, 7) is 2.03. The van der Waals surface area contributed by atoms with Crippen molar-refractivity contribution in [1.82, 2.24) is 19.5 Å². The molecule has 0 bridgehead atoms. The molecule has 92 valence electrons. The monoisotopic (exact) mass is 260 g/mol. The minimum absolute atomic E-state index is 0.574. The Morgan fingerprint density at radius 1 is 1.39 bits per heavy atom. The lowest BCUT2D eigenvalue weighted by Crippen LogP contribution is -2.10. The van der Waals surface area contributed by atoms with Crippen LogP contribution in [-0.4, -0.2) is 19.5 Å². The van der Waals surface area contributed by atoms with Gasteiger partial charge in [0.1, 0.15) is 4.83 Å². The number of nitrogen functional groups attached to an aromatic ring is 1. The Kier molecular flexibility index (Phi) is 2.49. The summed E-state index contributed by atoms with van der Waals surface area (Å²) in [6.07, 6.45) is 3.58. The van der Waals surface area contributed by atoms with Crippen molar-refractivity contribution in [2.24, 2.45) is 12.9 Å². The normalized spacial score (nSPS) is 11.1. The first-order chi connectivity index (χ1) is 8.69. The highest BCUT2D eigenvalue weighted by molar-refractivity contribution is 7.18. The van der Waals surface area contributed by atoms with Crippen molar-refractivity contribution in [3.8, 4) is 11.6 Å². The van der Waals surface area contributed by atoms with E-state index >= 15 is 0 Å². The van der Waals surface area contributed by atoms with Gasteiger partial charge in [0, 0.05) is 24.3 Å². The Labute approximate surface area is 107 Å². The fourth-order valence-electron chi connectivity index (χ4n) is 1.83. The highest BCUT2D eigenvalue weighted by Crippen LogP contribution is 2.29. The molecule has 6 nitrogen and oxygen atoms in total. The maximum atomic E-state index is 5.52. The van der Waals surface area contributed by atoms with E-state index < -0.39 is 0 Å². The van der Waals surface area contributed by atoms with E-state index in [1.807, 2.05) is 30.8 Å². The van der Waals surface area contributed by atoms with Gasteiger partial charge in [-0.05, 0) is 13.0 Å². The molecule has 0 fully saturated rings. The smallest absolute Gasteiger partial charge is 0.199 e. The van der Waals surface area contributed by atoms with Gasteiger partial charge < -0.3 is 9.99 Å². The Hall–Kier alpha value is -1.99. The Bertz CT molecular complexity index is 713. The van der Waals surface area contributed by atoms with Crippen molar-refractivity contribution >= 4 is 27.4 Å². The Balaban J connectivity index is 2.28. The van der Waals surface area contributed by atoms with Crippen LogP contribution in [0, 0.1) is 6.92 Å². The summed E-state index contributed by atoms with van der Waals surface area (Å²) >= 11 is 1.62. The van der Waals surface area contributed by atoms with Crippen molar-refractivity contribution in [2.75, 3.05) is 5.43 Å². The van der Waals surface area contributed by atoms with Crippen molar-refractivity contribution in [2.45, 2.75) is 6.92 Å². The summed E-state index contributed by atoms with van der Waals surface area (Å²) in [4.78, 5) is 15.3. The number of hydrogen-bond acceptors (Lipinski definition) is 6. The lowest BCUT2D eigenvalue weighted by atomic mass is 10.3. The summed E-state index contributed by atoms with van der Waals surface area (Å²) in [5.41, 5.74) is 2.62. The van der Waals surface area contributed by atoms with E-state index in [1.165, 1.54) is 4.88 Å². The van der Waals surface area contributed by atoms with Crippen LogP contribution in [0.25, 0.3) is 21.9 Å². The standard InChI is InChI=1S/C11H12N6S/c1-6-5-7-8(16-12)14-9(15-11(7)18-6)10-13-3-4-17(10)2/h3-5H,12H2,1-2H3,(H,14,15,16). The van der Waals surface area contributed by atoms with Gasteiger partial charge in [-0.15, -0.1) is 11.3 Å². The molecule has 3 rings (SSSR count). The molecule has 0 unspecified atom stereocenters. The molecular formula is C11H12N6S. The number of fused-ring (bicyclic) bond motifs is 1. The predicted molar refractivity (Wildman–Crippen MR) is 72.2 cm³/mol. The molecule has 3 N–H and O–H groups in total. The molecule has 0 amide bonds. The lowest BCUT2D eigenvalue weighted by molar-refractivity contribution is 0.909. The molecule has 3 aromatic rings. The highest BCUT2D eigenvalue weighted by Gasteiger charge is 2.13. The number of anilines is 1. The summed E-state index contributed by atoms with van der Waals surface area (Å²) in [5, 5.41) is 0.943. The lowest BCUT2D eigenvalue weighted by Gasteiger charge is -2.04. The third kappa shape index (κ3) is 1.64. The number of imidazole rings is 1. The first kappa shape index (κ1) is 11.1. The summed E-state index contributed by atoms with van der Waals surface area (Å²) in [6, 6.07) is 2.03. The molecule has 7 heteroatoms. The van der Waals surface area contributed by atoms with Crippen LogP contribution in [0.2, 0.25) is 0 Å². The number of thiophene rings is 1. The molecule has 0 saturated heterocycles. The zero-order valence-electron chi connectivity index (χ0n) is 10.0. The highest BCUT2D eigenvalue weighted by atomic mass is 32.1. The molecule has 0 saturated carbocycles. The van der Waals surface area contributed by atoms with Crippen LogP contribution in [0.15, 0.2) is 18.5 Å². The summed E-state index contributed by atoms with van der Waals surface area (Å²) < 4.78 is 1.88. The second-order valence-electron chi connectivity index (χ2n) is 3.98. The molecule has 0 atom stereocenters. The number of aromatic nitrogens is 4. The van der Waals surface area contributed by atoms with Gasteiger partial charge in [-0.25, -0.2) is 20.8 Å². The van der Waals surface area contributed by atoms with E-state index in [1.54, 1.807) is 17.5 Å². The molecule has 3 heterocycles. The van der Waals surface area contributed by atoms with Crippen LogP contribution in [-0.2, 0) is 7.05 Å². The quantitative estimate of drug-likeness (QED) is 0.541. The molecule has 0 aliphatic carbocycles. The predicted octanol–water partition coefficient (Wildman–Crippen LogP) is 1.69. The Morgan fingerprint density at radius 3 is 2.89 bits per heavy atom. The molecule has 0 spiro atoms. The number of nitrogens with zero attached hydrogens (tertiary/aromatic N) is 4. The van der Waals surface area contributed by atoms with E-state index in [9.17, 15) is 0 Å². The number of rotatable bonds is 2. The second-order valence-corrected chi connectivity index (χ2v) is 5.21. The summed E-state index contributed by atoms with van der Waals surface area (Å²) in [5.74, 6) is 7.45. The van der Waals surface area contributed by atoms with Gasteiger partial charge in [-0.3, -0.25) is 0 Å². The van der Waals surface area contributed by atoms with Crippen molar-refractivity contribution in [3.05, 3.63) is 23.3 Å². The molecular weight excluding hydrogens is 248 g/mol. The first-order valence-electron chi connectivity index (χ1n) is 5.41. The number of hydrazine groups is 1. The van der Waals surface area contributed by atoms with Crippen LogP contribution in [0.4, 0.5) is 5.82 Å². The van der Waals surface area contributed by atoms with Crippen LogP contribution >= 0.6 is 11.3 Å². The third-order valence-corrected chi connectivity index (χ3v) is 3.62. The molecule has 3 aromatic heterocycles. The van der Waals surface area contributed by atoms with Gasteiger partial charge in [0.2, 0.25) is 0 Å². The van der Waals surface area contributed by atoms with Crippen LogP contribution in [0.3, 0.4) is 0 Å². The zero-order valence-corrected chi connectivity index (χ0v) is 10.8. The molecule has 0 radical (unpaired) electrons. The van der Waals surface area contributed by atoms with E-state index in [-0.39, 0.29) is 0 Å². The van der Waals surface area contributed by atoms with Gasteiger partial charge in [-0.2, -0.15) is 0 Å². The van der Waals surface area contributed by atoms with Gasteiger partial charge in [0.25, 0.3) is 0 Å². The Morgan fingerprint density at radius 2 is 2.22 bits per heavy atom. The van der Waals surface area contributed by atoms with Crippen molar-refractivity contribution < 1.29 is 0 Å². The van der Waals surface area contributed by atoms with Crippen molar-refractivity contribution in [3.63, 3.8) is 0 Å². The number of nitrogens with one attached hydrogen (secondary N) is 1. The van der Waals surface area contributed by atoms with Crippen LogP contribution in [0.5, 0.6) is 0 Å². The second kappa shape index (κ2) is 4.04. The topological polar surface area (TPSA) is 81.6 Å². The molecule has 0 aliphatic heterocycles. The molecule has 18 heavy (non-hydrogen) atoms. The minimum Gasteiger partial charge on any atom is -0.331 e. The summed E-state index contributed by atoms with van der Waals surface area (Å²) in [7, 11) is 1.91. The van der Waals surface area contributed by atoms with E-state index in [0.717, 1.165) is 16.0 Å². The molecule has 0 aliphatic rings. The molecule has 0 aromatic carbocycles. The number of nitrogens with two attached hydrogens (primary N) is 1. The van der Waals surface area contributed by atoms with Gasteiger partial charge in [0.05, 0.1) is 5.39 Å². The number of aryl methyl sites for hydroxylation is 2. The minimum atomic E-state index is 0.574.